The van der Waals surface area contributed by atoms with Crippen molar-refractivity contribution in [2.24, 2.45) is 11.3 Å². The summed E-state index contributed by atoms with van der Waals surface area (Å²) in [5.41, 5.74) is 4.46. The number of aryl methyl sites for hydroxylation is 2. The maximum atomic E-state index is 13.2. The fourth-order valence-electron chi connectivity index (χ4n) is 4.52. The molecule has 2 aromatic rings. The number of nitrogens with zero attached hydrogens (tertiary/aromatic N) is 3. The molecule has 1 aliphatic carbocycles. The molecule has 1 aliphatic heterocycles. The summed E-state index contributed by atoms with van der Waals surface area (Å²) in [4.78, 5) is 17.5. The van der Waals surface area contributed by atoms with Gasteiger partial charge in [-0.1, -0.05) is 55.8 Å². The fourth-order valence-corrected chi connectivity index (χ4v) is 4.52. The van der Waals surface area contributed by atoms with Crippen LogP contribution in [0.4, 0.5) is 0 Å². The van der Waals surface area contributed by atoms with E-state index >= 15 is 0 Å². The van der Waals surface area contributed by atoms with Crippen LogP contribution in [0.5, 0.6) is 0 Å². The van der Waals surface area contributed by atoms with Gasteiger partial charge in [0.15, 0.2) is 5.69 Å². The van der Waals surface area contributed by atoms with Crippen molar-refractivity contribution in [3.8, 4) is 0 Å². The van der Waals surface area contributed by atoms with Crippen molar-refractivity contribution in [3.63, 3.8) is 0 Å². The normalized spacial score (nSPS) is 20.6. The second kappa shape index (κ2) is 7.94. The van der Waals surface area contributed by atoms with Crippen LogP contribution in [0.2, 0.25) is 0 Å². The lowest BCUT2D eigenvalue weighted by Gasteiger charge is -2.35. The van der Waals surface area contributed by atoms with E-state index < -0.39 is 0 Å². The van der Waals surface area contributed by atoms with Crippen LogP contribution in [0.15, 0.2) is 28.8 Å². The summed E-state index contributed by atoms with van der Waals surface area (Å²) in [6.07, 6.45) is 2.90. The molecule has 0 radical (unpaired) electrons. The number of benzene rings is 1. The highest BCUT2D eigenvalue weighted by molar-refractivity contribution is 5.94. The monoisotopic (exact) mass is 395 g/mol. The predicted octanol–water partition coefficient (Wildman–Crippen LogP) is 4.09. The van der Waals surface area contributed by atoms with E-state index in [0.717, 1.165) is 63.3 Å². The molecule has 4 rings (SSSR count). The highest BCUT2D eigenvalue weighted by Gasteiger charge is 2.35. The molecule has 1 aromatic carbocycles. The second-order valence-electron chi connectivity index (χ2n) is 9.79. The van der Waals surface area contributed by atoms with Crippen LogP contribution in [0.3, 0.4) is 0 Å². The first-order valence-electron chi connectivity index (χ1n) is 10.9. The minimum Gasteiger partial charge on any atom is -0.360 e. The minimum absolute atomic E-state index is 0.0412. The Bertz CT molecular complexity index is 855. The van der Waals surface area contributed by atoms with Crippen LogP contribution in [-0.4, -0.2) is 47.0 Å². The number of hydrogen-bond acceptors (Lipinski definition) is 4. The van der Waals surface area contributed by atoms with Crippen molar-refractivity contribution in [1.29, 1.82) is 0 Å². The summed E-state index contributed by atoms with van der Waals surface area (Å²) in [7, 11) is 0. The van der Waals surface area contributed by atoms with Gasteiger partial charge in [0.25, 0.3) is 5.91 Å². The minimum atomic E-state index is 0.0412. The topological polar surface area (TPSA) is 49.6 Å². The Kier molecular flexibility index (Phi) is 5.52. The van der Waals surface area contributed by atoms with E-state index in [1.54, 1.807) is 0 Å². The van der Waals surface area contributed by atoms with E-state index in [0.29, 0.717) is 11.6 Å². The van der Waals surface area contributed by atoms with E-state index in [1.807, 2.05) is 4.90 Å². The zero-order valence-electron chi connectivity index (χ0n) is 18.2. The number of piperazine rings is 1. The second-order valence-corrected chi connectivity index (χ2v) is 9.79. The van der Waals surface area contributed by atoms with Crippen LogP contribution < -0.4 is 0 Å². The SMILES string of the molecule is Cc1ccc(CN2CCN(C(=O)c3noc4c3C[C@H](C(C)(C)C)CC4)CC2)cc1. The maximum Gasteiger partial charge on any atom is 0.276 e. The van der Waals surface area contributed by atoms with Crippen LogP contribution in [0, 0.1) is 18.3 Å². The van der Waals surface area contributed by atoms with Crippen molar-refractivity contribution in [2.75, 3.05) is 26.2 Å². The Hall–Kier alpha value is -2.14. The van der Waals surface area contributed by atoms with E-state index in [4.69, 9.17) is 4.52 Å². The number of carbonyl (C=O) groups is 1. The lowest BCUT2D eigenvalue weighted by atomic mass is 9.71. The van der Waals surface area contributed by atoms with E-state index in [2.05, 4.69) is 62.0 Å². The molecule has 2 heterocycles. The zero-order chi connectivity index (χ0) is 20.6. The molecule has 1 saturated heterocycles. The number of fused-ring (bicyclic) bond motifs is 1. The van der Waals surface area contributed by atoms with Gasteiger partial charge >= 0.3 is 0 Å². The molecule has 0 saturated carbocycles. The molecule has 1 atom stereocenters. The number of amides is 1. The molecule has 1 fully saturated rings. The molecule has 5 heteroatoms. The zero-order valence-corrected chi connectivity index (χ0v) is 18.2. The van der Waals surface area contributed by atoms with Gasteiger partial charge in [-0.3, -0.25) is 9.69 Å². The van der Waals surface area contributed by atoms with Crippen molar-refractivity contribution in [1.82, 2.24) is 15.0 Å². The Balaban J connectivity index is 1.38. The molecule has 1 aromatic heterocycles. The largest absolute Gasteiger partial charge is 0.360 e. The summed E-state index contributed by atoms with van der Waals surface area (Å²) < 4.78 is 5.56. The smallest absolute Gasteiger partial charge is 0.276 e. The highest BCUT2D eigenvalue weighted by Crippen LogP contribution is 2.38. The van der Waals surface area contributed by atoms with Crippen molar-refractivity contribution >= 4 is 5.91 Å². The van der Waals surface area contributed by atoms with Crippen molar-refractivity contribution in [2.45, 2.75) is 53.5 Å². The first kappa shape index (κ1) is 20.1. The van der Waals surface area contributed by atoms with E-state index in [-0.39, 0.29) is 11.3 Å². The third-order valence-corrected chi connectivity index (χ3v) is 6.65. The Morgan fingerprint density at radius 2 is 1.83 bits per heavy atom. The van der Waals surface area contributed by atoms with Gasteiger partial charge in [0.2, 0.25) is 0 Å². The lowest BCUT2D eigenvalue weighted by molar-refractivity contribution is 0.0617. The molecule has 0 unspecified atom stereocenters. The van der Waals surface area contributed by atoms with Gasteiger partial charge in [-0.05, 0) is 36.7 Å². The fraction of sp³-hybridized carbons (Fsp3) is 0.583. The van der Waals surface area contributed by atoms with Crippen LogP contribution in [-0.2, 0) is 19.4 Å². The Labute approximate surface area is 174 Å². The quantitative estimate of drug-likeness (QED) is 0.785. The molecule has 5 nitrogen and oxygen atoms in total. The average molecular weight is 396 g/mol. The van der Waals surface area contributed by atoms with E-state index in [9.17, 15) is 4.79 Å². The van der Waals surface area contributed by atoms with Crippen LogP contribution in [0.25, 0.3) is 0 Å². The Morgan fingerprint density at radius 3 is 2.48 bits per heavy atom. The van der Waals surface area contributed by atoms with Crippen molar-refractivity contribution < 1.29 is 9.32 Å². The van der Waals surface area contributed by atoms with Gasteiger partial charge in [-0.25, -0.2) is 0 Å². The van der Waals surface area contributed by atoms with Gasteiger partial charge in [0.05, 0.1) is 0 Å². The molecule has 0 bridgehead atoms. The summed E-state index contributed by atoms with van der Waals surface area (Å²) in [5.74, 6) is 1.53. The predicted molar refractivity (Wildman–Crippen MR) is 114 cm³/mol. The van der Waals surface area contributed by atoms with Gasteiger partial charge in [0.1, 0.15) is 5.76 Å². The number of rotatable bonds is 3. The van der Waals surface area contributed by atoms with Crippen molar-refractivity contribution in [3.05, 3.63) is 52.4 Å². The van der Waals surface area contributed by atoms with Crippen LogP contribution in [0.1, 0.15) is 60.1 Å². The lowest BCUT2D eigenvalue weighted by Crippen LogP contribution is -2.48. The third kappa shape index (κ3) is 4.40. The highest BCUT2D eigenvalue weighted by atomic mass is 16.5. The number of hydrogen-bond donors (Lipinski definition) is 0. The number of aromatic nitrogens is 1. The standard InChI is InChI=1S/C24H33N3O2/c1-17-5-7-18(8-6-17)16-26-11-13-27(14-12-26)23(28)22-20-15-19(24(2,3)4)9-10-21(20)29-25-22/h5-8,19H,9-16H2,1-4H3/t19-/m1/s1. The molecular formula is C24H33N3O2. The summed E-state index contributed by atoms with van der Waals surface area (Å²) in [6, 6.07) is 8.71. The Morgan fingerprint density at radius 1 is 1.14 bits per heavy atom. The van der Waals surface area contributed by atoms with Crippen LogP contribution >= 0.6 is 0 Å². The van der Waals surface area contributed by atoms with Gasteiger partial charge in [-0.15, -0.1) is 0 Å². The molecule has 1 amide bonds. The third-order valence-electron chi connectivity index (χ3n) is 6.65. The first-order chi connectivity index (χ1) is 13.8. The molecule has 2 aliphatic rings. The molecule has 156 valence electrons. The summed E-state index contributed by atoms with van der Waals surface area (Å²) in [5, 5.41) is 4.20. The summed E-state index contributed by atoms with van der Waals surface area (Å²) in [6.45, 7) is 13.2. The molecule has 29 heavy (non-hydrogen) atoms. The van der Waals surface area contributed by atoms with Gasteiger partial charge in [-0.2, -0.15) is 0 Å². The average Bonchev–Trinajstić information content (AvgIpc) is 3.12. The van der Waals surface area contributed by atoms with E-state index in [1.165, 1.54) is 11.1 Å². The number of carbonyl (C=O) groups excluding carboxylic acids is 1. The molecule has 0 N–H and O–H groups in total. The first-order valence-corrected chi connectivity index (χ1v) is 10.9. The molecular weight excluding hydrogens is 362 g/mol. The van der Waals surface area contributed by atoms with Gasteiger partial charge < -0.3 is 9.42 Å². The molecule has 0 spiro atoms. The van der Waals surface area contributed by atoms with Gasteiger partial charge in [0, 0.05) is 44.7 Å². The summed E-state index contributed by atoms with van der Waals surface area (Å²) >= 11 is 0. The maximum absolute atomic E-state index is 13.2.